The van der Waals surface area contributed by atoms with Crippen molar-refractivity contribution in [3.8, 4) is 0 Å². The fraction of sp³-hybridized carbons (Fsp3) is 0.652. The Hall–Kier alpha value is -2.44. The van der Waals surface area contributed by atoms with Gasteiger partial charge >= 0.3 is 0 Å². The molecule has 0 aromatic carbocycles. The smallest absolute Gasteiger partial charge is 0.245 e. The quantitative estimate of drug-likeness (QED) is 0.717. The van der Waals surface area contributed by atoms with E-state index in [-0.39, 0.29) is 36.2 Å². The minimum absolute atomic E-state index is 0.00209. The number of carbonyl (C=O) groups excluding carboxylic acids is 3. The van der Waals surface area contributed by atoms with E-state index in [1.807, 2.05) is 13.0 Å². The van der Waals surface area contributed by atoms with Crippen molar-refractivity contribution in [2.45, 2.75) is 70.8 Å². The van der Waals surface area contributed by atoms with E-state index in [0.29, 0.717) is 18.2 Å². The third-order valence-electron chi connectivity index (χ3n) is 6.33. The number of aryl methyl sites for hydroxylation is 1. The molecule has 1 aromatic heterocycles. The van der Waals surface area contributed by atoms with Gasteiger partial charge < -0.3 is 15.5 Å². The molecule has 0 spiro atoms. The van der Waals surface area contributed by atoms with E-state index in [4.69, 9.17) is 0 Å². The Morgan fingerprint density at radius 3 is 2.37 bits per heavy atom. The average Bonchev–Trinajstić information content (AvgIpc) is 3.22. The lowest BCUT2D eigenvalue weighted by molar-refractivity contribution is -0.138. The summed E-state index contributed by atoms with van der Waals surface area (Å²) in [4.78, 5) is 42.8. The summed E-state index contributed by atoms with van der Waals surface area (Å²) in [6.07, 6.45) is 10.3. The van der Waals surface area contributed by atoms with Crippen LogP contribution in [0.4, 0.5) is 5.82 Å². The second-order valence-electron chi connectivity index (χ2n) is 8.93. The van der Waals surface area contributed by atoms with Crippen molar-refractivity contribution in [2.24, 2.45) is 11.8 Å². The Labute approximate surface area is 179 Å². The molecule has 3 rings (SSSR count). The van der Waals surface area contributed by atoms with Crippen LogP contribution in [-0.2, 0) is 14.4 Å². The number of nitrogens with one attached hydrogen (secondary N) is 2. The first-order chi connectivity index (χ1) is 14.4. The van der Waals surface area contributed by atoms with Gasteiger partial charge in [-0.3, -0.25) is 14.4 Å². The van der Waals surface area contributed by atoms with Crippen LogP contribution < -0.4 is 10.6 Å². The molecule has 0 bridgehead atoms. The topological polar surface area (TPSA) is 91.4 Å². The van der Waals surface area contributed by atoms with Gasteiger partial charge in [-0.25, -0.2) is 4.98 Å². The van der Waals surface area contributed by atoms with Crippen molar-refractivity contribution in [3.63, 3.8) is 0 Å². The van der Waals surface area contributed by atoms with Crippen molar-refractivity contribution in [2.75, 3.05) is 18.9 Å². The van der Waals surface area contributed by atoms with E-state index < -0.39 is 0 Å². The molecule has 0 aliphatic heterocycles. The van der Waals surface area contributed by atoms with E-state index >= 15 is 0 Å². The van der Waals surface area contributed by atoms with Gasteiger partial charge in [0.15, 0.2) is 0 Å². The Bertz CT molecular complexity index is 735. The predicted molar refractivity (Wildman–Crippen MR) is 116 cm³/mol. The fourth-order valence-corrected chi connectivity index (χ4v) is 4.58. The van der Waals surface area contributed by atoms with Crippen LogP contribution in [0.1, 0.15) is 63.4 Å². The number of aromatic nitrogens is 1. The number of likely N-dealkylation sites (N-methyl/N-ethyl adjacent to an activating group) is 1. The van der Waals surface area contributed by atoms with Crippen LogP contribution in [0.3, 0.4) is 0 Å². The van der Waals surface area contributed by atoms with Crippen molar-refractivity contribution in [1.29, 1.82) is 0 Å². The van der Waals surface area contributed by atoms with Crippen LogP contribution in [0, 0.1) is 18.8 Å². The maximum Gasteiger partial charge on any atom is 0.245 e. The van der Waals surface area contributed by atoms with Crippen LogP contribution in [0.25, 0.3) is 0 Å². The molecule has 0 unspecified atom stereocenters. The van der Waals surface area contributed by atoms with Crippen LogP contribution in [0.2, 0.25) is 0 Å². The Kier molecular flexibility index (Phi) is 7.82. The van der Waals surface area contributed by atoms with Gasteiger partial charge in [0.05, 0.1) is 6.54 Å². The minimum Gasteiger partial charge on any atom is -0.353 e. The molecule has 0 saturated heterocycles. The summed E-state index contributed by atoms with van der Waals surface area (Å²) < 4.78 is 0. The summed E-state index contributed by atoms with van der Waals surface area (Å²) in [5.74, 6) is 0.865. The second kappa shape index (κ2) is 10.5. The van der Waals surface area contributed by atoms with Gasteiger partial charge in [0.2, 0.25) is 17.7 Å². The van der Waals surface area contributed by atoms with Gasteiger partial charge in [-0.05, 0) is 63.0 Å². The number of pyridine rings is 1. The lowest BCUT2D eigenvalue weighted by Crippen LogP contribution is -2.43. The monoisotopic (exact) mass is 414 g/mol. The summed E-state index contributed by atoms with van der Waals surface area (Å²) in [6, 6.07) is 3.80. The molecule has 2 fully saturated rings. The van der Waals surface area contributed by atoms with E-state index in [9.17, 15) is 14.4 Å². The Balaban J connectivity index is 1.37. The maximum atomic E-state index is 12.7. The fourth-order valence-electron chi connectivity index (χ4n) is 4.58. The summed E-state index contributed by atoms with van der Waals surface area (Å²) in [7, 11) is 1.67. The van der Waals surface area contributed by atoms with E-state index in [1.165, 1.54) is 30.6 Å². The lowest BCUT2D eigenvalue weighted by atomic mass is 9.85. The SMILES string of the molecule is Cc1ccc(NC(=O)CN(C)C(=O)C2CCC(NC(=O)CC3CCCC3)CC2)nc1. The molecule has 30 heavy (non-hydrogen) atoms. The first-order valence-corrected chi connectivity index (χ1v) is 11.2. The number of rotatable bonds is 7. The molecular formula is C23H34N4O3. The van der Waals surface area contributed by atoms with E-state index in [1.54, 1.807) is 19.3 Å². The predicted octanol–water partition coefficient (Wildman–Crippen LogP) is 3.04. The number of anilines is 1. The van der Waals surface area contributed by atoms with Gasteiger partial charge in [0.1, 0.15) is 5.82 Å². The Morgan fingerprint density at radius 2 is 1.73 bits per heavy atom. The molecular weight excluding hydrogens is 380 g/mol. The molecule has 1 heterocycles. The highest BCUT2D eigenvalue weighted by atomic mass is 16.2. The van der Waals surface area contributed by atoms with Crippen LogP contribution in [-0.4, -0.2) is 47.2 Å². The summed E-state index contributed by atoms with van der Waals surface area (Å²) in [5.41, 5.74) is 1.02. The summed E-state index contributed by atoms with van der Waals surface area (Å²) in [6.45, 7) is 1.94. The molecule has 2 aliphatic carbocycles. The van der Waals surface area contributed by atoms with Gasteiger partial charge in [0.25, 0.3) is 0 Å². The van der Waals surface area contributed by atoms with Crippen LogP contribution in [0.15, 0.2) is 18.3 Å². The van der Waals surface area contributed by atoms with Gasteiger partial charge in [-0.15, -0.1) is 0 Å². The molecule has 2 N–H and O–H groups in total. The van der Waals surface area contributed by atoms with Crippen LogP contribution in [0.5, 0.6) is 0 Å². The molecule has 3 amide bonds. The molecule has 7 heteroatoms. The van der Waals surface area contributed by atoms with Gasteiger partial charge in [0, 0.05) is 31.6 Å². The standard InChI is InChI=1S/C23H34N4O3/c1-16-7-12-20(24-14-16)26-22(29)15-27(2)23(30)18-8-10-19(11-9-18)25-21(28)13-17-5-3-4-6-17/h7,12,14,17-19H,3-6,8-11,13,15H2,1-2H3,(H,25,28)(H,24,26,29). The number of hydrogen-bond acceptors (Lipinski definition) is 4. The number of hydrogen-bond donors (Lipinski definition) is 2. The highest BCUT2D eigenvalue weighted by molar-refractivity contribution is 5.94. The first kappa shape index (κ1) is 22.2. The van der Waals surface area contributed by atoms with Crippen molar-refractivity contribution in [3.05, 3.63) is 23.9 Å². The van der Waals surface area contributed by atoms with Gasteiger partial charge in [-0.1, -0.05) is 18.9 Å². The largest absolute Gasteiger partial charge is 0.353 e. The number of nitrogens with zero attached hydrogens (tertiary/aromatic N) is 2. The zero-order chi connectivity index (χ0) is 21.5. The zero-order valence-electron chi connectivity index (χ0n) is 18.2. The number of carbonyl (C=O) groups is 3. The third kappa shape index (κ3) is 6.54. The summed E-state index contributed by atoms with van der Waals surface area (Å²) in [5, 5.41) is 5.89. The Morgan fingerprint density at radius 1 is 1.03 bits per heavy atom. The average molecular weight is 415 g/mol. The highest BCUT2D eigenvalue weighted by Crippen LogP contribution is 2.29. The highest BCUT2D eigenvalue weighted by Gasteiger charge is 2.30. The zero-order valence-corrected chi connectivity index (χ0v) is 18.2. The molecule has 164 valence electrons. The third-order valence-corrected chi connectivity index (χ3v) is 6.33. The van der Waals surface area contributed by atoms with E-state index in [0.717, 1.165) is 31.2 Å². The molecule has 0 radical (unpaired) electrons. The van der Waals surface area contributed by atoms with Crippen LogP contribution >= 0.6 is 0 Å². The summed E-state index contributed by atoms with van der Waals surface area (Å²) >= 11 is 0. The first-order valence-electron chi connectivity index (χ1n) is 11.2. The normalized spacial score (nSPS) is 21.8. The van der Waals surface area contributed by atoms with Crippen molar-refractivity contribution < 1.29 is 14.4 Å². The second-order valence-corrected chi connectivity index (χ2v) is 8.93. The minimum atomic E-state index is -0.255. The maximum absolute atomic E-state index is 12.7. The molecule has 2 saturated carbocycles. The lowest BCUT2D eigenvalue weighted by Gasteiger charge is -2.31. The van der Waals surface area contributed by atoms with E-state index in [2.05, 4.69) is 15.6 Å². The molecule has 0 atom stereocenters. The molecule has 7 nitrogen and oxygen atoms in total. The molecule has 1 aromatic rings. The molecule has 2 aliphatic rings. The van der Waals surface area contributed by atoms with Crippen molar-refractivity contribution in [1.82, 2.24) is 15.2 Å². The van der Waals surface area contributed by atoms with Crippen molar-refractivity contribution >= 4 is 23.5 Å². The van der Waals surface area contributed by atoms with Gasteiger partial charge in [-0.2, -0.15) is 0 Å². The number of amides is 3.